The number of hydrogen-bond acceptors (Lipinski definition) is 4. The highest BCUT2D eigenvalue weighted by Gasteiger charge is 2.22. The van der Waals surface area contributed by atoms with Crippen LogP contribution in [-0.2, 0) is 17.8 Å². The number of amidine groups is 1. The molecule has 0 radical (unpaired) electrons. The molecule has 2 aromatic rings. The van der Waals surface area contributed by atoms with Crippen molar-refractivity contribution in [1.82, 2.24) is 5.32 Å². The number of nitrogens with two attached hydrogens (primary N) is 1. The zero-order valence-corrected chi connectivity index (χ0v) is 13.9. The lowest BCUT2D eigenvalue weighted by atomic mass is 10.0. The van der Waals surface area contributed by atoms with Gasteiger partial charge in [0.1, 0.15) is 11.7 Å². The van der Waals surface area contributed by atoms with Gasteiger partial charge in [-0.2, -0.15) is 0 Å². The molecule has 2 heterocycles. The van der Waals surface area contributed by atoms with Crippen molar-refractivity contribution in [3.63, 3.8) is 0 Å². The Bertz CT molecular complexity index is 797. The molecule has 4 nitrogen and oxygen atoms in total. The predicted molar refractivity (Wildman–Crippen MR) is 94.2 cm³/mol. The smallest absolute Gasteiger partial charge is 0.231 e. The van der Waals surface area contributed by atoms with Crippen molar-refractivity contribution < 1.29 is 9.18 Å². The van der Waals surface area contributed by atoms with Gasteiger partial charge in [0.05, 0.1) is 12.5 Å². The number of halogens is 1. The summed E-state index contributed by atoms with van der Waals surface area (Å²) in [6.07, 6.45) is 4.72. The Morgan fingerprint density at radius 2 is 2.17 bits per heavy atom. The first-order chi connectivity index (χ1) is 11.6. The summed E-state index contributed by atoms with van der Waals surface area (Å²) < 4.78 is 13.2. The predicted octanol–water partition coefficient (Wildman–Crippen LogP) is 2.99. The Balaban J connectivity index is 1.55. The average molecular weight is 343 g/mol. The van der Waals surface area contributed by atoms with Gasteiger partial charge >= 0.3 is 0 Å². The molecule has 1 unspecified atom stereocenters. The summed E-state index contributed by atoms with van der Waals surface area (Å²) in [5.74, 6) is -0.368. The van der Waals surface area contributed by atoms with Gasteiger partial charge < -0.3 is 11.1 Å². The Morgan fingerprint density at radius 1 is 1.33 bits per heavy atom. The van der Waals surface area contributed by atoms with Gasteiger partial charge in [0.25, 0.3) is 0 Å². The number of amides is 1. The molecule has 0 aliphatic carbocycles. The molecule has 124 valence electrons. The van der Waals surface area contributed by atoms with Crippen molar-refractivity contribution in [2.24, 2.45) is 16.6 Å². The lowest BCUT2D eigenvalue weighted by Crippen LogP contribution is -2.38. The molecule has 0 saturated heterocycles. The molecule has 1 aliphatic rings. The Hall–Kier alpha value is -2.47. The fourth-order valence-corrected chi connectivity index (χ4v) is 3.54. The van der Waals surface area contributed by atoms with Crippen LogP contribution in [0, 0.1) is 11.7 Å². The number of rotatable bonds is 5. The highest BCUT2D eigenvalue weighted by Crippen LogP contribution is 2.20. The molecule has 1 aromatic carbocycles. The number of hydrogen-bond donors (Lipinski definition) is 2. The summed E-state index contributed by atoms with van der Waals surface area (Å²) in [6, 6.07) is 10.6. The van der Waals surface area contributed by atoms with Crippen LogP contribution in [0.1, 0.15) is 21.7 Å². The Morgan fingerprint density at radius 3 is 2.96 bits per heavy atom. The molecule has 3 N–H and O–H groups in total. The molecule has 0 bridgehead atoms. The molecule has 0 spiro atoms. The Labute approximate surface area is 143 Å². The van der Waals surface area contributed by atoms with Gasteiger partial charge in [-0.3, -0.25) is 4.79 Å². The van der Waals surface area contributed by atoms with E-state index in [2.05, 4.69) is 10.3 Å². The van der Waals surface area contributed by atoms with E-state index in [1.165, 1.54) is 6.07 Å². The molecule has 1 atom stereocenters. The number of nitrogens with zero attached hydrogens (tertiary/aromatic N) is 1. The molecule has 0 fully saturated rings. The normalized spacial score (nSPS) is 16.7. The summed E-state index contributed by atoms with van der Waals surface area (Å²) in [5.41, 5.74) is 6.70. The summed E-state index contributed by atoms with van der Waals surface area (Å²) >= 11 is 1.61. The second-order valence-electron chi connectivity index (χ2n) is 5.62. The first-order valence-electron chi connectivity index (χ1n) is 7.70. The van der Waals surface area contributed by atoms with Gasteiger partial charge in [-0.15, -0.1) is 11.3 Å². The van der Waals surface area contributed by atoms with E-state index in [-0.39, 0.29) is 17.6 Å². The van der Waals surface area contributed by atoms with Crippen LogP contribution < -0.4 is 11.1 Å². The summed E-state index contributed by atoms with van der Waals surface area (Å²) in [7, 11) is 0. The van der Waals surface area contributed by atoms with Gasteiger partial charge in [0, 0.05) is 22.4 Å². The lowest BCUT2D eigenvalue weighted by molar-refractivity contribution is -0.123. The van der Waals surface area contributed by atoms with Crippen LogP contribution in [0.4, 0.5) is 4.39 Å². The highest BCUT2D eigenvalue weighted by molar-refractivity contribution is 7.12. The maximum Gasteiger partial charge on any atom is 0.231 e. The SMILES string of the molecule is NC1=NC=CCC1C(=O)NCc1ccc(Cc2cccc(F)c2)s1. The van der Waals surface area contributed by atoms with Crippen molar-refractivity contribution in [3.05, 3.63) is 69.8 Å². The van der Waals surface area contributed by atoms with E-state index in [1.807, 2.05) is 24.3 Å². The van der Waals surface area contributed by atoms with Crippen molar-refractivity contribution in [1.29, 1.82) is 0 Å². The van der Waals surface area contributed by atoms with Crippen LogP contribution in [0.25, 0.3) is 0 Å². The first-order valence-corrected chi connectivity index (χ1v) is 8.51. The van der Waals surface area contributed by atoms with Crippen LogP contribution in [0.3, 0.4) is 0 Å². The second kappa shape index (κ2) is 7.40. The number of allylic oxidation sites excluding steroid dienone is 1. The largest absolute Gasteiger partial charge is 0.386 e. The molecule has 0 saturated carbocycles. The van der Waals surface area contributed by atoms with Crippen LogP contribution >= 0.6 is 11.3 Å². The zero-order valence-electron chi connectivity index (χ0n) is 13.0. The quantitative estimate of drug-likeness (QED) is 0.876. The van der Waals surface area contributed by atoms with Gasteiger partial charge in [0.15, 0.2) is 0 Å². The van der Waals surface area contributed by atoms with Crippen LogP contribution in [0.2, 0.25) is 0 Å². The van der Waals surface area contributed by atoms with Crippen molar-refractivity contribution in [2.45, 2.75) is 19.4 Å². The monoisotopic (exact) mass is 343 g/mol. The number of benzene rings is 1. The number of nitrogens with one attached hydrogen (secondary N) is 1. The van der Waals surface area contributed by atoms with Gasteiger partial charge in [-0.1, -0.05) is 18.2 Å². The molecule has 1 aliphatic heterocycles. The van der Waals surface area contributed by atoms with Gasteiger partial charge in [-0.25, -0.2) is 9.38 Å². The van der Waals surface area contributed by atoms with E-state index in [9.17, 15) is 9.18 Å². The maximum atomic E-state index is 13.2. The molecular formula is C18H18FN3OS. The molecule has 3 rings (SSSR count). The number of carbonyl (C=O) groups is 1. The van der Waals surface area contributed by atoms with E-state index >= 15 is 0 Å². The van der Waals surface area contributed by atoms with Crippen LogP contribution in [0.5, 0.6) is 0 Å². The molecule has 24 heavy (non-hydrogen) atoms. The third-order valence-corrected chi connectivity index (χ3v) is 4.88. The summed E-state index contributed by atoms with van der Waals surface area (Å²) in [4.78, 5) is 18.3. The van der Waals surface area contributed by atoms with Crippen molar-refractivity contribution in [3.8, 4) is 0 Å². The van der Waals surface area contributed by atoms with Crippen molar-refractivity contribution >= 4 is 23.1 Å². The van der Waals surface area contributed by atoms with E-state index < -0.39 is 0 Å². The van der Waals surface area contributed by atoms with E-state index in [1.54, 1.807) is 29.7 Å². The minimum Gasteiger partial charge on any atom is -0.386 e. The van der Waals surface area contributed by atoms with E-state index in [4.69, 9.17) is 5.73 Å². The molecular weight excluding hydrogens is 325 g/mol. The fraction of sp³-hybridized carbons (Fsp3) is 0.222. The highest BCUT2D eigenvalue weighted by atomic mass is 32.1. The topological polar surface area (TPSA) is 67.5 Å². The first kappa shape index (κ1) is 16.4. The summed E-state index contributed by atoms with van der Waals surface area (Å²) in [6.45, 7) is 0.458. The number of aliphatic imine (C=N–C) groups is 1. The van der Waals surface area contributed by atoms with Crippen molar-refractivity contribution in [2.75, 3.05) is 0 Å². The van der Waals surface area contributed by atoms with E-state index in [0.29, 0.717) is 25.2 Å². The molecule has 1 aromatic heterocycles. The van der Waals surface area contributed by atoms with Gasteiger partial charge in [-0.05, 0) is 36.2 Å². The van der Waals surface area contributed by atoms with E-state index in [0.717, 1.165) is 15.3 Å². The number of carbonyl (C=O) groups excluding carboxylic acids is 1. The van der Waals surface area contributed by atoms with Crippen LogP contribution in [-0.4, -0.2) is 11.7 Å². The maximum absolute atomic E-state index is 13.2. The Kier molecular flexibility index (Phi) is 5.05. The molecule has 1 amide bonds. The summed E-state index contributed by atoms with van der Waals surface area (Å²) in [5, 5.41) is 2.90. The minimum absolute atomic E-state index is 0.110. The number of thiophene rings is 1. The molecule has 6 heteroatoms. The third kappa shape index (κ3) is 4.08. The average Bonchev–Trinajstić information content (AvgIpc) is 3.00. The van der Waals surface area contributed by atoms with Crippen LogP contribution in [0.15, 0.2) is 53.7 Å². The lowest BCUT2D eigenvalue weighted by Gasteiger charge is -2.16. The standard InChI is InChI=1S/C18H18FN3OS/c19-13-4-1-3-12(9-13)10-14-6-7-15(24-14)11-22-18(23)16-5-2-8-21-17(16)20/h1-4,6-9,16H,5,10-11H2,(H2,20,21)(H,22,23). The van der Waals surface area contributed by atoms with Gasteiger partial charge in [0.2, 0.25) is 5.91 Å². The zero-order chi connectivity index (χ0) is 16.9. The fourth-order valence-electron chi connectivity index (χ4n) is 2.55. The minimum atomic E-state index is -0.387. The third-order valence-electron chi connectivity index (χ3n) is 3.80. The second-order valence-corrected chi connectivity index (χ2v) is 6.87.